The second kappa shape index (κ2) is 13.6. The molecule has 0 bridgehead atoms. The number of allylic oxidation sites excluding steroid dienone is 5. The number of para-hydroxylation sites is 1. The molecule has 254 valence electrons. The van der Waals surface area contributed by atoms with Crippen molar-refractivity contribution in [1.82, 2.24) is 0 Å². The number of benzene rings is 7. The maximum Gasteiger partial charge on any atom is 0.0506 e. The fraction of sp³-hybridized carbons (Fsp3) is 0.0769. The van der Waals surface area contributed by atoms with Crippen LogP contribution >= 0.6 is 0 Å². The standard InChI is InChI=1S/C52H41N/c1-52(2)47-28-16-15-27-44(47)51-48(52)29-17-18-30-49(51)53(42-25-13-6-14-26-42)43-33-31-40(32-34-43)50-45(38-21-9-4-10-22-38)35-41(37-19-7-3-8-20-37)36-46(50)39-23-11-5-12-24-39/h3-17,19-36H,18H2,1-2H3. The van der Waals surface area contributed by atoms with Gasteiger partial charge in [0.2, 0.25) is 0 Å². The van der Waals surface area contributed by atoms with Crippen LogP contribution in [0.5, 0.6) is 0 Å². The highest BCUT2D eigenvalue weighted by Gasteiger charge is 2.39. The van der Waals surface area contributed by atoms with Crippen molar-refractivity contribution in [2.45, 2.75) is 25.7 Å². The van der Waals surface area contributed by atoms with Crippen LogP contribution in [0.25, 0.3) is 50.1 Å². The van der Waals surface area contributed by atoms with Gasteiger partial charge in [0, 0.05) is 22.4 Å². The zero-order valence-electron chi connectivity index (χ0n) is 30.2. The molecule has 0 aliphatic heterocycles. The Kier molecular flexibility index (Phi) is 8.33. The van der Waals surface area contributed by atoms with Crippen LogP contribution in [0.1, 0.15) is 31.4 Å². The van der Waals surface area contributed by atoms with Gasteiger partial charge in [-0.1, -0.05) is 178 Å². The molecule has 0 radical (unpaired) electrons. The van der Waals surface area contributed by atoms with Gasteiger partial charge in [-0.3, -0.25) is 0 Å². The van der Waals surface area contributed by atoms with E-state index in [0.29, 0.717) is 0 Å². The van der Waals surface area contributed by atoms with Gasteiger partial charge >= 0.3 is 0 Å². The fourth-order valence-corrected chi connectivity index (χ4v) is 8.31. The number of hydrogen-bond acceptors (Lipinski definition) is 1. The van der Waals surface area contributed by atoms with E-state index in [9.17, 15) is 0 Å². The Morgan fingerprint density at radius 1 is 0.453 bits per heavy atom. The molecule has 0 spiro atoms. The Hall–Kier alpha value is -6.44. The molecule has 0 heterocycles. The summed E-state index contributed by atoms with van der Waals surface area (Å²) in [5.41, 5.74) is 18.5. The second-order valence-corrected chi connectivity index (χ2v) is 14.4. The van der Waals surface area contributed by atoms with Gasteiger partial charge in [0.15, 0.2) is 0 Å². The highest BCUT2D eigenvalue weighted by atomic mass is 15.2. The van der Waals surface area contributed by atoms with E-state index in [4.69, 9.17) is 0 Å². The largest absolute Gasteiger partial charge is 0.310 e. The van der Waals surface area contributed by atoms with Crippen molar-refractivity contribution < 1.29 is 0 Å². The van der Waals surface area contributed by atoms with Crippen molar-refractivity contribution in [2.75, 3.05) is 4.90 Å². The quantitative estimate of drug-likeness (QED) is 0.162. The zero-order chi connectivity index (χ0) is 35.8. The van der Waals surface area contributed by atoms with Crippen molar-refractivity contribution in [1.29, 1.82) is 0 Å². The lowest BCUT2D eigenvalue weighted by Gasteiger charge is -2.30. The number of anilines is 2. The van der Waals surface area contributed by atoms with Crippen LogP contribution in [0, 0.1) is 0 Å². The zero-order valence-corrected chi connectivity index (χ0v) is 30.2. The normalized spacial score (nSPS) is 14.3. The predicted octanol–water partition coefficient (Wildman–Crippen LogP) is 14.1. The number of fused-ring (bicyclic) bond motifs is 2. The van der Waals surface area contributed by atoms with Crippen molar-refractivity contribution in [2.24, 2.45) is 0 Å². The second-order valence-electron chi connectivity index (χ2n) is 14.4. The molecule has 2 aliphatic carbocycles. The molecule has 1 heteroatoms. The molecule has 0 unspecified atom stereocenters. The Morgan fingerprint density at radius 3 is 1.57 bits per heavy atom. The Morgan fingerprint density at radius 2 is 0.962 bits per heavy atom. The summed E-state index contributed by atoms with van der Waals surface area (Å²) >= 11 is 0. The summed E-state index contributed by atoms with van der Waals surface area (Å²) < 4.78 is 0. The van der Waals surface area contributed by atoms with Crippen molar-refractivity contribution >= 4 is 16.9 Å². The van der Waals surface area contributed by atoms with Crippen LogP contribution in [-0.4, -0.2) is 0 Å². The third-order valence-electron chi connectivity index (χ3n) is 10.9. The Bertz CT molecular complexity index is 2440. The molecular weight excluding hydrogens is 639 g/mol. The lowest BCUT2D eigenvalue weighted by Crippen LogP contribution is -2.18. The van der Waals surface area contributed by atoms with Crippen LogP contribution in [0.3, 0.4) is 0 Å². The van der Waals surface area contributed by atoms with E-state index >= 15 is 0 Å². The Labute approximate surface area is 313 Å². The predicted molar refractivity (Wildman–Crippen MR) is 225 cm³/mol. The van der Waals surface area contributed by atoms with E-state index in [0.717, 1.165) is 17.8 Å². The van der Waals surface area contributed by atoms with Gasteiger partial charge in [-0.05, 0) is 104 Å². The van der Waals surface area contributed by atoms with Gasteiger partial charge in [-0.15, -0.1) is 0 Å². The molecule has 2 aliphatic rings. The van der Waals surface area contributed by atoms with Crippen molar-refractivity contribution in [3.8, 4) is 44.5 Å². The SMILES string of the molecule is CC1(C)C2=C(C(N(c3ccccc3)c3ccc(-c4c(-c5ccccc5)cc(-c5ccccc5)cc4-c4ccccc4)cc3)=CCC=C2)c2ccccc21. The molecule has 0 fully saturated rings. The first-order valence-corrected chi connectivity index (χ1v) is 18.6. The highest BCUT2D eigenvalue weighted by molar-refractivity contribution is 5.99. The van der Waals surface area contributed by atoms with Gasteiger partial charge in [0.25, 0.3) is 0 Å². The van der Waals surface area contributed by atoms with E-state index < -0.39 is 0 Å². The van der Waals surface area contributed by atoms with Crippen LogP contribution < -0.4 is 4.90 Å². The lowest BCUT2D eigenvalue weighted by molar-refractivity contribution is 0.654. The first-order valence-electron chi connectivity index (χ1n) is 18.6. The molecule has 7 aromatic carbocycles. The molecule has 7 aromatic rings. The molecule has 1 nitrogen and oxygen atoms in total. The van der Waals surface area contributed by atoms with E-state index in [-0.39, 0.29) is 5.41 Å². The van der Waals surface area contributed by atoms with Crippen molar-refractivity contribution in [3.63, 3.8) is 0 Å². The average Bonchev–Trinajstić information content (AvgIpc) is 3.32. The van der Waals surface area contributed by atoms with Gasteiger partial charge in [-0.25, -0.2) is 0 Å². The number of nitrogens with zero attached hydrogens (tertiary/aromatic N) is 1. The summed E-state index contributed by atoms with van der Waals surface area (Å²) in [5, 5.41) is 0. The van der Waals surface area contributed by atoms with Crippen LogP contribution in [0.2, 0.25) is 0 Å². The van der Waals surface area contributed by atoms with E-state index in [1.807, 2.05) is 0 Å². The molecular formula is C52H41N. The van der Waals surface area contributed by atoms with Gasteiger partial charge < -0.3 is 4.90 Å². The van der Waals surface area contributed by atoms with Crippen LogP contribution in [-0.2, 0) is 5.41 Å². The minimum absolute atomic E-state index is 0.0916. The van der Waals surface area contributed by atoms with Crippen LogP contribution in [0.15, 0.2) is 211 Å². The summed E-state index contributed by atoms with van der Waals surface area (Å²) in [6, 6.07) is 66.1. The minimum atomic E-state index is -0.0916. The summed E-state index contributed by atoms with van der Waals surface area (Å²) in [4.78, 5) is 2.46. The van der Waals surface area contributed by atoms with Gasteiger partial charge in [0.05, 0.1) is 5.70 Å². The summed E-state index contributed by atoms with van der Waals surface area (Å²) in [6.07, 6.45) is 7.95. The molecule has 0 atom stereocenters. The summed E-state index contributed by atoms with van der Waals surface area (Å²) in [5.74, 6) is 0. The van der Waals surface area contributed by atoms with Gasteiger partial charge in [0.1, 0.15) is 0 Å². The average molecular weight is 680 g/mol. The van der Waals surface area contributed by atoms with Gasteiger partial charge in [-0.2, -0.15) is 0 Å². The Balaban J connectivity index is 1.24. The summed E-state index contributed by atoms with van der Waals surface area (Å²) in [6.45, 7) is 4.72. The van der Waals surface area contributed by atoms with E-state index in [2.05, 4.69) is 219 Å². The maximum absolute atomic E-state index is 2.46. The van der Waals surface area contributed by atoms with E-state index in [1.165, 1.54) is 72.5 Å². The molecule has 0 amide bonds. The first kappa shape index (κ1) is 32.5. The first-order chi connectivity index (χ1) is 26.1. The molecule has 0 saturated carbocycles. The molecule has 9 rings (SSSR count). The highest BCUT2D eigenvalue weighted by Crippen LogP contribution is 2.52. The third kappa shape index (κ3) is 5.85. The number of hydrogen-bond donors (Lipinski definition) is 0. The lowest BCUT2D eigenvalue weighted by atomic mass is 9.81. The van der Waals surface area contributed by atoms with Crippen LogP contribution in [0.4, 0.5) is 11.4 Å². The van der Waals surface area contributed by atoms with E-state index in [1.54, 1.807) is 0 Å². The molecule has 0 N–H and O–H groups in total. The smallest absolute Gasteiger partial charge is 0.0506 e. The monoisotopic (exact) mass is 679 g/mol. The minimum Gasteiger partial charge on any atom is -0.310 e. The van der Waals surface area contributed by atoms with Crippen molar-refractivity contribution in [3.05, 3.63) is 223 Å². The maximum atomic E-state index is 2.46. The number of rotatable bonds is 7. The third-order valence-corrected chi connectivity index (χ3v) is 10.9. The molecule has 0 aromatic heterocycles. The topological polar surface area (TPSA) is 3.24 Å². The fourth-order valence-electron chi connectivity index (χ4n) is 8.31. The molecule has 0 saturated heterocycles. The summed E-state index contributed by atoms with van der Waals surface area (Å²) in [7, 11) is 0. The molecule has 53 heavy (non-hydrogen) atoms.